The van der Waals surface area contributed by atoms with Crippen LogP contribution in [-0.2, 0) is 6.54 Å². The average molecular weight is 196 g/mol. The SMILES string of the molecule is C=CCNCc1ccc(Cl)c(C)c1. The van der Waals surface area contributed by atoms with Crippen LogP contribution in [-0.4, -0.2) is 6.54 Å². The Balaban J connectivity index is 2.57. The summed E-state index contributed by atoms with van der Waals surface area (Å²) in [5.74, 6) is 0. The zero-order valence-corrected chi connectivity index (χ0v) is 8.56. The standard InChI is InChI=1S/C11H14ClN/c1-3-6-13-8-10-4-5-11(12)9(2)7-10/h3-5,7,13H,1,6,8H2,2H3. The van der Waals surface area contributed by atoms with E-state index in [9.17, 15) is 0 Å². The van der Waals surface area contributed by atoms with E-state index in [1.165, 1.54) is 5.56 Å². The molecule has 0 aliphatic rings. The molecule has 0 heterocycles. The summed E-state index contributed by atoms with van der Waals surface area (Å²) in [7, 11) is 0. The molecule has 0 bridgehead atoms. The zero-order chi connectivity index (χ0) is 9.68. The smallest absolute Gasteiger partial charge is 0.0435 e. The summed E-state index contributed by atoms with van der Waals surface area (Å²) >= 11 is 5.91. The molecule has 0 spiro atoms. The van der Waals surface area contributed by atoms with Gasteiger partial charge in [-0.15, -0.1) is 6.58 Å². The zero-order valence-electron chi connectivity index (χ0n) is 7.81. The summed E-state index contributed by atoms with van der Waals surface area (Å²) < 4.78 is 0. The Bertz CT molecular complexity index is 294. The number of aryl methyl sites for hydroxylation is 1. The molecule has 0 aromatic heterocycles. The van der Waals surface area contributed by atoms with E-state index >= 15 is 0 Å². The highest BCUT2D eigenvalue weighted by molar-refractivity contribution is 6.31. The highest BCUT2D eigenvalue weighted by Gasteiger charge is 1.96. The van der Waals surface area contributed by atoms with E-state index in [4.69, 9.17) is 11.6 Å². The predicted molar refractivity (Wildman–Crippen MR) is 58.1 cm³/mol. The van der Waals surface area contributed by atoms with Crippen molar-refractivity contribution in [1.29, 1.82) is 0 Å². The van der Waals surface area contributed by atoms with Crippen molar-refractivity contribution in [3.05, 3.63) is 47.0 Å². The van der Waals surface area contributed by atoms with Gasteiger partial charge in [0, 0.05) is 18.1 Å². The van der Waals surface area contributed by atoms with Gasteiger partial charge in [-0.3, -0.25) is 0 Å². The maximum atomic E-state index is 5.91. The first-order valence-electron chi connectivity index (χ1n) is 4.30. The van der Waals surface area contributed by atoms with E-state index in [-0.39, 0.29) is 0 Å². The van der Waals surface area contributed by atoms with Crippen LogP contribution in [0.1, 0.15) is 11.1 Å². The van der Waals surface area contributed by atoms with Gasteiger partial charge in [-0.2, -0.15) is 0 Å². The Hall–Kier alpha value is -0.790. The number of nitrogens with one attached hydrogen (secondary N) is 1. The molecule has 1 nitrogen and oxygen atoms in total. The minimum absolute atomic E-state index is 0.826. The quantitative estimate of drug-likeness (QED) is 0.576. The molecule has 1 aromatic carbocycles. The lowest BCUT2D eigenvalue weighted by molar-refractivity contribution is 0.760. The minimum Gasteiger partial charge on any atom is -0.309 e. The van der Waals surface area contributed by atoms with Crippen molar-refractivity contribution in [2.75, 3.05) is 6.54 Å². The summed E-state index contributed by atoms with van der Waals surface area (Å²) in [5.41, 5.74) is 2.38. The fraction of sp³-hybridized carbons (Fsp3) is 0.273. The van der Waals surface area contributed by atoms with E-state index in [1.54, 1.807) is 0 Å². The second-order valence-corrected chi connectivity index (χ2v) is 3.41. The van der Waals surface area contributed by atoms with Gasteiger partial charge in [-0.1, -0.05) is 29.8 Å². The average Bonchev–Trinajstić information content (AvgIpc) is 2.12. The second-order valence-electron chi connectivity index (χ2n) is 3.00. The third kappa shape index (κ3) is 3.21. The normalized spacial score (nSPS) is 10.0. The van der Waals surface area contributed by atoms with Crippen LogP contribution < -0.4 is 5.32 Å². The van der Waals surface area contributed by atoms with Crippen LogP contribution in [0.15, 0.2) is 30.9 Å². The maximum absolute atomic E-state index is 5.91. The Morgan fingerprint density at radius 3 is 2.92 bits per heavy atom. The van der Waals surface area contributed by atoms with E-state index < -0.39 is 0 Å². The van der Waals surface area contributed by atoms with Gasteiger partial charge in [0.15, 0.2) is 0 Å². The largest absolute Gasteiger partial charge is 0.309 e. The first-order chi connectivity index (χ1) is 6.24. The third-order valence-electron chi connectivity index (χ3n) is 1.84. The molecule has 0 radical (unpaired) electrons. The van der Waals surface area contributed by atoms with Crippen LogP contribution in [0.25, 0.3) is 0 Å². The molecule has 0 aliphatic carbocycles. The number of benzene rings is 1. The van der Waals surface area contributed by atoms with Gasteiger partial charge >= 0.3 is 0 Å². The number of hydrogen-bond donors (Lipinski definition) is 1. The summed E-state index contributed by atoms with van der Waals surface area (Å²) in [6.07, 6.45) is 1.85. The lowest BCUT2D eigenvalue weighted by atomic mass is 10.1. The van der Waals surface area contributed by atoms with Gasteiger partial charge < -0.3 is 5.32 Å². The molecule has 0 saturated carbocycles. The van der Waals surface area contributed by atoms with Crippen LogP contribution in [0.3, 0.4) is 0 Å². The van der Waals surface area contributed by atoms with Crippen molar-refractivity contribution in [3.63, 3.8) is 0 Å². The van der Waals surface area contributed by atoms with Crippen LogP contribution in [0.4, 0.5) is 0 Å². The van der Waals surface area contributed by atoms with Crippen LogP contribution in [0, 0.1) is 6.92 Å². The molecule has 2 heteroatoms. The molecule has 0 aliphatic heterocycles. The van der Waals surface area contributed by atoms with Crippen molar-refractivity contribution in [2.24, 2.45) is 0 Å². The Morgan fingerprint density at radius 2 is 2.31 bits per heavy atom. The third-order valence-corrected chi connectivity index (χ3v) is 2.26. The molecule has 1 aromatic rings. The van der Waals surface area contributed by atoms with E-state index in [0.717, 1.165) is 23.7 Å². The lowest BCUT2D eigenvalue weighted by Crippen LogP contribution is -2.12. The minimum atomic E-state index is 0.826. The first-order valence-corrected chi connectivity index (χ1v) is 4.68. The summed E-state index contributed by atoms with van der Waals surface area (Å²) in [6, 6.07) is 6.06. The monoisotopic (exact) mass is 195 g/mol. The van der Waals surface area contributed by atoms with Gasteiger partial charge in [0.05, 0.1) is 0 Å². The topological polar surface area (TPSA) is 12.0 Å². The van der Waals surface area contributed by atoms with Crippen molar-refractivity contribution < 1.29 is 0 Å². The van der Waals surface area contributed by atoms with Crippen molar-refractivity contribution in [2.45, 2.75) is 13.5 Å². The summed E-state index contributed by atoms with van der Waals surface area (Å²) in [4.78, 5) is 0. The van der Waals surface area contributed by atoms with Crippen molar-refractivity contribution >= 4 is 11.6 Å². The van der Waals surface area contributed by atoms with E-state index in [0.29, 0.717) is 0 Å². The molecule has 0 atom stereocenters. The highest BCUT2D eigenvalue weighted by atomic mass is 35.5. The van der Waals surface area contributed by atoms with Crippen LogP contribution >= 0.6 is 11.6 Å². The number of rotatable bonds is 4. The van der Waals surface area contributed by atoms with Gasteiger partial charge in [-0.25, -0.2) is 0 Å². The molecular formula is C11H14ClN. The fourth-order valence-electron chi connectivity index (χ4n) is 1.14. The predicted octanol–water partition coefficient (Wildman–Crippen LogP) is 2.92. The number of halogens is 1. The summed E-state index contributed by atoms with van der Waals surface area (Å²) in [5, 5.41) is 4.06. The Labute approximate surface area is 84.4 Å². The Kier molecular flexibility index (Phi) is 4.00. The van der Waals surface area contributed by atoms with Gasteiger partial charge in [-0.05, 0) is 24.1 Å². The molecule has 1 N–H and O–H groups in total. The first kappa shape index (κ1) is 10.3. The molecular weight excluding hydrogens is 182 g/mol. The van der Waals surface area contributed by atoms with Crippen LogP contribution in [0.2, 0.25) is 5.02 Å². The highest BCUT2D eigenvalue weighted by Crippen LogP contribution is 2.15. The fourth-order valence-corrected chi connectivity index (χ4v) is 1.25. The van der Waals surface area contributed by atoms with Crippen molar-refractivity contribution in [1.82, 2.24) is 5.32 Å². The molecule has 0 fully saturated rings. The molecule has 1 rings (SSSR count). The maximum Gasteiger partial charge on any atom is 0.0435 e. The summed E-state index contributed by atoms with van der Waals surface area (Å²) in [6.45, 7) is 7.35. The lowest BCUT2D eigenvalue weighted by Gasteiger charge is -2.04. The van der Waals surface area contributed by atoms with Crippen molar-refractivity contribution in [3.8, 4) is 0 Å². The Morgan fingerprint density at radius 1 is 1.54 bits per heavy atom. The molecule has 70 valence electrons. The van der Waals surface area contributed by atoms with Gasteiger partial charge in [0.1, 0.15) is 0 Å². The molecule has 0 amide bonds. The molecule has 13 heavy (non-hydrogen) atoms. The van der Waals surface area contributed by atoms with E-state index in [1.807, 2.05) is 25.1 Å². The second kappa shape index (κ2) is 5.05. The van der Waals surface area contributed by atoms with Gasteiger partial charge in [0.2, 0.25) is 0 Å². The van der Waals surface area contributed by atoms with E-state index in [2.05, 4.69) is 18.0 Å². The van der Waals surface area contributed by atoms with Crippen LogP contribution in [0.5, 0.6) is 0 Å². The van der Waals surface area contributed by atoms with Gasteiger partial charge in [0.25, 0.3) is 0 Å². The molecule has 0 unspecified atom stereocenters. The molecule has 0 saturated heterocycles. The number of hydrogen-bond acceptors (Lipinski definition) is 1.